The number of rotatable bonds is 7. The van der Waals surface area contributed by atoms with Crippen LogP contribution in [0.3, 0.4) is 0 Å². The SMILES string of the molecule is COCCNC(=O)[C@@H](C)[C@@H]1CC[C@]2(C)Cc3sc(NC(=O)c4cccs4)nc3[C@H](C)[C@@H]2[C@H]1O. The summed E-state index contributed by atoms with van der Waals surface area (Å²) in [4.78, 5) is 31.8. The number of thiophene rings is 1. The van der Waals surface area contributed by atoms with E-state index in [1.165, 1.54) is 16.2 Å². The number of hydrogen-bond donors (Lipinski definition) is 3. The normalized spacial score (nSPS) is 29.6. The summed E-state index contributed by atoms with van der Waals surface area (Å²) in [6.45, 7) is 7.24. The van der Waals surface area contributed by atoms with Crippen LogP contribution in [0.4, 0.5) is 5.13 Å². The Balaban J connectivity index is 1.51. The van der Waals surface area contributed by atoms with Crippen molar-refractivity contribution in [2.45, 2.75) is 52.1 Å². The highest BCUT2D eigenvalue weighted by molar-refractivity contribution is 7.16. The topological polar surface area (TPSA) is 101 Å². The minimum absolute atomic E-state index is 0.0147. The summed E-state index contributed by atoms with van der Waals surface area (Å²) in [5, 5.41) is 19.9. The fraction of sp³-hybridized carbons (Fsp3) is 0.625. The lowest BCUT2D eigenvalue weighted by molar-refractivity contribution is -0.135. The van der Waals surface area contributed by atoms with E-state index in [9.17, 15) is 14.7 Å². The molecule has 2 heterocycles. The van der Waals surface area contributed by atoms with Crippen molar-refractivity contribution in [3.05, 3.63) is 33.0 Å². The minimum Gasteiger partial charge on any atom is -0.392 e. The van der Waals surface area contributed by atoms with E-state index in [4.69, 9.17) is 9.72 Å². The number of methoxy groups -OCH3 is 1. The van der Waals surface area contributed by atoms with Crippen molar-refractivity contribution in [3.63, 3.8) is 0 Å². The first kappa shape index (κ1) is 24.3. The van der Waals surface area contributed by atoms with Crippen LogP contribution in [0, 0.1) is 23.2 Å². The largest absolute Gasteiger partial charge is 0.392 e. The average Bonchev–Trinajstić information content (AvgIpc) is 3.43. The van der Waals surface area contributed by atoms with Gasteiger partial charge in [-0.3, -0.25) is 14.9 Å². The van der Waals surface area contributed by atoms with Gasteiger partial charge in [-0.15, -0.1) is 22.7 Å². The molecule has 6 atom stereocenters. The van der Waals surface area contributed by atoms with Crippen LogP contribution in [0.2, 0.25) is 0 Å². The number of amides is 2. The first-order valence-corrected chi connectivity index (χ1v) is 13.2. The highest BCUT2D eigenvalue weighted by Crippen LogP contribution is 2.57. The molecular weight excluding hydrogens is 458 g/mol. The van der Waals surface area contributed by atoms with Crippen molar-refractivity contribution in [3.8, 4) is 0 Å². The number of anilines is 1. The molecule has 0 aliphatic heterocycles. The zero-order valence-electron chi connectivity index (χ0n) is 19.6. The maximum absolute atomic E-state index is 12.7. The Labute approximate surface area is 203 Å². The summed E-state index contributed by atoms with van der Waals surface area (Å²) in [6.07, 6.45) is 2.02. The van der Waals surface area contributed by atoms with Gasteiger partial charge < -0.3 is 15.2 Å². The molecule has 7 nitrogen and oxygen atoms in total. The second-order valence-electron chi connectivity index (χ2n) is 9.67. The lowest BCUT2D eigenvalue weighted by Gasteiger charge is -2.53. The molecule has 0 bridgehead atoms. The van der Waals surface area contributed by atoms with E-state index < -0.39 is 6.10 Å². The second-order valence-corrected chi connectivity index (χ2v) is 11.7. The third-order valence-electron chi connectivity index (χ3n) is 7.55. The van der Waals surface area contributed by atoms with Crippen LogP contribution in [0.15, 0.2) is 17.5 Å². The molecule has 0 spiro atoms. The van der Waals surface area contributed by atoms with Gasteiger partial charge in [0.25, 0.3) is 5.91 Å². The summed E-state index contributed by atoms with van der Waals surface area (Å²) in [5.74, 6) is -0.473. The van der Waals surface area contributed by atoms with Crippen LogP contribution in [0.5, 0.6) is 0 Å². The van der Waals surface area contributed by atoms with Gasteiger partial charge in [0.05, 0.1) is 23.3 Å². The number of aliphatic hydroxyl groups is 1. The van der Waals surface area contributed by atoms with Gasteiger partial charge in [0.2, 0.25) is 5.91 Å². The lowest BCUT2D eigenvalue weighted by atomic mass is 9.53. The second kappa shape index (κ2) is 9.82. The lowest BCUT2D eigenvalue weighted by Crippen LogP contribution is -2.53. The predicted octanol–water partition coefficient (Wildman–Crippen LogP) is 3.91. The van der Waals surface area contributed by atoms with Crippen LogP contribution < -0.4 is 10.6 Å². The molecule has 2 aliphatic rings. The Morgan fingerprint density at radius 2 is 2.21 bits per heavy atom. The molecule has 2 aromatic heterocycles. The summed E-state index contributed by atoms with van der Waals surface area (Å²) in [6, 6.07) is 3.66. The van der Waals surface area contributed by atoms with Gasteiger partial charge in [-0.1, -0.05) is 26.8 Å². The number of nitrogens with zero attached hydrogens (tertiary/aromatic N) is 1. The molecule has 180 valence electrons. The summed E-state index contributed by atoms with van der Waals surface area (Å²) in [5.41, 5.74) is 0.914. The monoisotopic (exact) mass is 491 g/mol. The van der Waals surface area contributed by atoms with Crippen LogP contribution in [-0.4, -0.2) is 48.3 Å². The van der Waals surface area contributed by atoms with Gasteiger partial charge in [-0.2, -0.15) is 0 Å². The molecule has 33 heavy (non-hydrogen) atoms. The molecule has 2 aliphatic carbocycles. The molecule has 2 amide bonds. The maximum Gasteiger partial charge on any atom is 0.267 e. The fourth-order valence-corrected chi connectivity index (χ4v) is 7.68. The van der Waals surface area contributed by atoms with E-state index in [1.807, 2.05) is 18.4 Å². The van der Waals surface area contributed by atoms with E-state index in [0.29, 0.717) is 23.2 Å². The Hall–Kier alpha value is -1.81. The van der Waals surface area contributed by atoms with Gasteiger partial charge in [0.15, 0.2) is 5.13 Å². The van der Waals surface area contributed by atoms with E-state index in [1.54, 1.807) is 24.5 Å². The number of thiazole rings is 1. The van der Waals surface area contributed by atoms with Crippen LogP contribution in [-0.2, 0) is 16.0 Å². The molecular formula is C24H33N3O4S2. The number of ether oxygens (including phenoxy) is 1. The smallest absolute Gasteiger partial charge is 0.267 e. The number of carbonyl (C=O) groups excluding carboxylic acids is 2. The van der Waals surface area contributed by atoms with Crippen LogP contribution in [0.1, 0.15) is 59.8 Å². The van der Waals surface area contributed by atoms with E-state index in [2.05, 4.69) is 24.5 Å². The summed E-state index contributed by atoms with van der Waals surface area (Å²) < 4.78 is 5.02. The maximum atomic E-state index is 12.7. The zero-order valence-corrected chi connectivity index (χ0v) is 21.2. The quantitative estimate of drug-likeness (QED) is 0.510. The number of nitrogens with one attached hydrogen (secondary N) is 2. The fourth-order valence-electron chi connectivity index (χ4n) is 5.80. The van der Waals surface area contributed by atoms with Crippen molar-refractivity contribution in [2.75, 3.05) is 25.6 Å². The first-order valence-electron chi connectivity index (χ1n) is 11.5. The molecule has 0 radical (unpaired) electrons. The average molecular weight is 492 g/mol. The van der Waals surface area contributed by atoms with Gasteiger partial charge in [-0.05, 0) is 48.0 Å². The minimum atomic E-state index is -0.582. The predicted molar refractivity (Wildman–Crippen MR) is 131 cm³/mol. The number of aliphatic hydroxyl groups excluding tert-OH is 1. The van der Waals surface area contributed by atoms with Crippen molar-refractivity contribution < 1.29 is 19.4 Å². The first-order chi connectivity index (χ1) is 15.7. The van der Waals surface area contributed by atoms with Gasteiger partial charge >= 0.3 is 0 Å². The van der Waals surface area contributed by atoms with Gasteiger partial charge in [0, 0.05) is 30.4 Å². The highest BCUT2D eigenvalue weighted by Gasteiger charge is 2.53. The van der Waals surface area contributed by atoms with Crippen molar-refractivity contribution in [1.29, 1.82) is 0 Å². The van der Waals surface area contributed by atoms with Crippen molar-refractivity contribution >= 4 is 39.6 Å². The molecule has 0 saturated heterocycles. The molecule has 0 aromatic carbocycles. The van der Waals surface area contributed by atoms with E-state index >= 15 is 0 Å². The molecule has 1 fully saturated rings. The summed E-state index contributed by atoms with van der Waals surface area (Å²) in [7, 11) is 1.61. The summed E-state index contributed by atoms with van der Waals surface area (Å²) >= 11 is 2.95. The Bertz CT molecular complexity index is 992. The number of carbonyl (C=O) groups is 2. The van der Waals surface area contributed by atoms with Crippen molar-refractivity contribution in [1.82, 2.24) is 10.3 Å². The Morgan fingerprint density at radius 3 is 2.91 bits per heavy atom. The number of fused-ring (bicyclic) bond motifs is 2. The zero-order chi connectivity index (χ0) is 23.8. The number of aromatic nitrogens is 1. The van der Waals surface area contributed by atoms with Crippen molar-refractivity contribution in [2.24, 2.45) is 23.2 Å². The Kier molecular flexibility index (Phi) is 7.23. The standard InChI is InChI=1S/C24H33N3O4S2/c1-13(21(29)25-9-10-31-4)15-7-8-24(3)12-17-19(14(2)18(24)20(15)28)26-23(33-17)27-22(30)16-6-5-11-32-16/h5-6,11,13-15,18,20,28H,7-10,12H2,1-4H3,(H,25,29)(H,26,27,30)/t13-,14+,15-,18+,20-,24+/m0/s1. The van der Waals surface area contributed by atoms with Gasteiger partial charge in [0.1, 0.15) is 0 Å². The molecule has 0 unspecified atom stereocenters. The third kappa shape index (κ3) is 4.73. The van der Waals surface area contributed by atoms with E-state index in [-0.39, 0.29) is 40.9 Å². The third-order valence-corrected chi connectivity index (χ3v) is 9.40. The highest BCUT2D eigenvalue weighted by atomic mass is 32.1. The molecule has 1 saturated carbocycles. The molecule has 3 N–H and O–H groups in total. The van der Waals surface area contributed by atoms with Crippen LogP contribution in [0.25, 0.3) is 0 Å². The Morgan fingerprint density at radius 1 is 1.42 bits per heavy atom. The van der Waals surface area contributed by atoms with Gasteiger partial charge in [-0.25, -0.2) is 4.98 Å². The molecule has 9 heteroatoms. The van der Waals surface area contributed by atoms with Crippen LogP contribution >= 0.6 is 22.7 Å². The molecule has 2 aromatic rings. The van der Waals surface area contributed by atoms with E-state index in [0.717, 1.165) is 25.0 Å². The molecule has 4 rings (SSSR count). The number of hydrogen-bond acceptors (Lipinski definition) is 7.